The second-order valence-corrected chi connectivity index (χ2v) is 15.3. The van der Waals surface area contributed by atoms with E-state index in [2.05, 4.69) is 98.9 Å². The second-order valence-electron chi connectivity index (χ2n) is 15.3. The molecule has 0 fully saturated rings. The van der Waals surface area contributed by atoms with Crippen LogP contribution in [-0.2, 0) is 28.6 Å². The van der Waals surface area contributed by atoms with Crippen molar-refractivity contribution in [2.75, 3.05) is 41.0 Å². The topological polar surface area (TPSA) is 99.1 Å². The number of carboxylic acids is 1. The third-order valence-corrected chi connectivity index (χ3v) is 9.01. The maximum atomic E-state index is 12.7. The molecule has 0 rings (SSSR count). The summed E-state index contributed by atoms with van der Waals surface area (Å²) in [6.45, 7) is 4.45. The molecule has 0 aromatic carbocycles. The Balaban J connectivity index is 4.55. The van der Waals surface area contributed by atoms with Crippen LogP contribution < -0.4 is 0 Å². The molecule has 0 saturated heterocycles. The van der Waals surface area contributed by atoms with Crippen LogP contribution in [0.25, 0.3) is 0 Å². The highest BCUT2D eigenvalue weighted by Crippen LogP contribution is 2.12. The smallest absolute Gasteiger partial charge is 0.362 e. The van der Waals surface area contributed by atoms with Gasteiger partial charge in [-0.25, -0.2) is 4.79 Å². The van der Waals surface area contributed by atoms with E-state index in [9.17, 15) is 19.5 Å². The molecule has 326 valence electrons. The van der Waals surface area contributed by atoms with Gasteiger partial charge in [-0.3, -0.25) is 9.59 Å². The molecule has 0 aromatic heterocycles. The minimum Gasteiger partial charge on any atom is -0.477 e. The van der Waals surface area contributed by atoms with Gasteiger partial charge in [-0.05, 0) is 70.6 Å². The molecule has 0 spiro atoms. The van der Waals surface area contributed by atoms with E-state index >= 15 is 0 Å². The number of ether oxygens (including phenoxy) is 3. The van der Waals surface area contributed by atoms with Gasteiger partial charge >= 0.3 is 17.9 Å². The monoisotopic (exact) mass is 807 g/mol. The Hall–Kier alpha value is -4.01. The number of carboxylic acid groups (broad SMARTS) is 1. The molecule has 2 unspecified atom stereocenters. The van der Waals surface area contributed by atoms with Crippen molar-refractivity contribution in [1.82, 2.24) is 0 Å². The van der Waals surface area contributed by atoms with Gasteiger partial charge in [0, 0.05) is 19.3 Å². The summed E-state index contributed by atoms with van der Waals surface area (Å²) in [6, 6.07) is -0.637. The molecule has 0 aliphatic carbocycles. The predicted octanol–water partition coefficient (Wildman–Crippen LogP) is 12.1. The van der Waals surface area contributed by atoms with Gasteiger partial charge in [-0.15, -0.1) is 0 Å². The molecule has 2 atom stereocenters. The number of hydrogen-bond donors (Lipinski definition) is 1. The van der Waals surface area contributed by atoms with Gasteiger partial charge in [0.1, 0.15) is 6.61 Å². The number of unbranched alkanes of at least 4 members (excludes halogenated alkanes) is 8. The van der Waals surface area contributed by atoms with Crippen LogP contribution in [0.3, 0.4) is 0 Å². The van der Waals surface area contributed by atoms with E-state index in [-0.39, 0.29) is 49.1 Å². The normalized spacial score (nSPS) is 14.0. The highest BCUT2D eigenvalue weighted by Gasteiger charge is 2.31. The van der Waals surface area contributed by atoms with Gasteiger partial charge in [-0.2, -0.15) is 0 Å². The number of carbonyl (C=O) groups excluding carboxylic acids is 2. The van der Waals surface area contributed by atoms with Crippen molar-refractivity contribution in [1.29, 1.82) is 0 Å². The van der Waals surface area contributed by atoms with Gasteiger partial charge in [0.05, 0.1) is 34.4 Å². The first-order valence-corrected chi connectivity index (χ1v) is 22.0. The Morgan fingerprint density at radius 3 is 1.62 bits per heavy atom. The minimum atomic E-state index is -0.894. The highest BCUT2D eigenvalue weighted by atomic mass is 16.6. The standard InChI is InChI=1S/C50H79NO7/c1-6-8-10-12-14-16-18-20-22-24-25-27-29-31-33-35-37-39-41-49(53)58-46(44-56-43-42-47(50(54)55)51(3,4)5)45-57-48(52)40-38-36-34-32-30-28-26-23-21-19-17-15-13-11-9-7-2/h9,11,14-18,20-25,27-28,30,34,36,46-47H,6-8,10,12-13,19,26,29,31-33,35,37-45H2,1-5H3/p+1/b11-9+,16-14+,17-15+,20-18+,23-21+,24-22+,27-25+,30-28+,36-34+. The van der Waals surface area contributed by atoms with Crippen molar-refractivity contribution in [2.45, 2.75) is 148 Å². The molecule has 58 heavy (non-hydrogen) atoms. The Morgan fingerprint density at radius 2 is 1.07 bits per heavy atom. The molecular formula is C50H80NO7+. The SMILES string of the molecule is CC/C=C/C/C=C/C/C=C/C/C=C/C/C=C/CCC(=O)OCC(COCCC(C(=O)O)[N+](C)(C)C)OC(=O)CCCCCCC/C=C/C=C/C=C/C=C/CCCCC. The zero-order chi connectivity index (χ0) is 42.8. The van der Waals surface area contributed by atoms with E-state index in [0.29, 0.717) is 12.8 Å². The largest absolute Gasteiger partial charge is 0.477 e. The summed E-state index contributed by atoms with van der Waals surface area (Å²) in [5.41, 5.74) is 0. The van der Waals surface area contributed by atoms with Crippen LogP contribution in [-0.4, -0.2) is 80.6 Å². The number of rotatable bonds is 37. The average Bonchev–Trinajstić information content (AvgIpc) is 3.18. The Kier molecular flexibility index (Phi) is 37.0. The van der Waals surface area contributed by atoms with Crippen LogP contribution in [0.4, 0.5) is 0 Å². The maximum absolute atomic E-state index is 12.7. The maximum Gasteiger partial charge on any atom is 0.362 e. The quantitative estimate of drug-likeness (QED) is 0.0219. The predicted molar refractivity (Wildman–Crippen MR) is 242 cm³/mol. The molecule has 0 heterocycles. The third kappa shape index (κ3) is 37.6. The van der Waals surface area contributed by atoms with Crippen molar-refractivity contribution in [3.05, 3.63) is 109 Å². The van der Waals surface area contributed by atoms with Crippen LogP contribution in [0.1, 0.15) is 136 Å². The first kappa shape index (κ1) is 54.0. The Bertz CT molecular complexity index is 1310. The van der Waals surface area contributed by atoms with Gasteiger partial charge in [0.15, 0.2) is 12.1 Å². The van der Waals surface area contributed by atoms with Crippen molar-refractivity contribution in [3.63, 3.8) is 0 Å². The summed E-state index contributed by atoms with van der Waals surface area (Å²) in [5, 5.41) is 9.62. The summed E-state index contributed by atoms with van der Waals surface area (Å²) in [7, 11) is 5.48. The van der Waals surface area contributed by atoms with Gasteiger partial charge < -0.3 is 23.8 Å². The summed E-state index contributed by atoms with van der Waals surface area (Å²) < 4.78 is 17.2. The van der Waals surface area contributed by atoms with Crippen molar-refractivity contribution in [3.8, 4) is 0 Å². The van der Waals surface area contributed by atoms with E-state index in [0.717, 1.165) is 77.0 Å². The van der Waals surface area contributed by atoms with Crippen LogP contribution in [0, 0.1) is 0 Å². The molecule has 0 aromatic rings. The fourth-order valence-electron chi connectivity index (χ4n) is 5.62. The van der Waals surface area contributed by atoms with E-state index in [1.54, 1.807) is 0 Å². The van der Waals surface area contributed by atoms with Gasteiger partial charge in [-0.1, -0.05) is 155 Å². The lowest BCUT2D eigenvalue weighted by atomic mass is 10.1. The average molecular weight is 807 g/mol. The zero-order valence-corrected chi connectivity index (χ0v) is 36.9. The first-order chi connectivity index (χ1) is 28.1. The number of carbonyl (C=O) groups is 3. The number of esters is 2. The molecule has 0 saturated carbocycles. The summed E-state index contributed by atoms with van der Waals surface area (Å²) in [6.07, 6.45) is 54.3. The van der Waals surface area contributed by atoms with E-state index in [1.165, 1.54) is 19.3 Å². The first-order valence-electron chi connectivity index (χ1n) is 22.0. The van der Waals surface area contributed by atoms with Crippen LogP contribution in [0.15, 0.2) is 109 Å². The third-order valence-electron chi connectivity index (χ3n) is 9.01. The molecule has 8 nitrogen and oxygen atoms in total. The van der Waals surface area contributed by atoms with Gasteiger partial charge in [0.25, 0.3) is 0 Å². The zero-order valence-electron chi connectivity index (χ0n) is 36.9. The molecule has 0 aliphatic rings. The number of allylic oxidation sites excluding steroid dienone is 18. The number of quaternary nitrogens is 1. The Morgan fingerprint density at radius 1 is 0.552 bits per heavy atom. The lowest BCUT2D eigenvalue weighted by Gasteiger charge is -2.31. The van der Waals surface area contributed by atoms with E-state index < -0.39 is 18.1 Å². The fourth-order valence-corrected chi connectivity index (χ4v) is 5.62. The molecule has 0 amide bonds. The molecule has 0 aliphatic heterocycles. The molecule has 0 radical (unpaired) electrons. The molecular weight excluding hydrogens is 727 g/mol. The van der Waals surface area contributed by atoms with E-state index in [4.69, 9.17) is 14.2 Å². The van der Waals surface area contributed by atoms with Crippen molar-refractivity contribution in [2.24, 2.45) is 0 Å². The summed E-state index contributed by atoms with van der Waals surface area (Å²) in [5.74, 6) is -1.62. The Labute approximate surface area is 353 Å². The van der Waals surface area contributed by atoms with Gasteiger partial charge in [0.2, 0.25) is 0 Å². The number of hydrogen-bond acceptors (Lipinski definition) is 6. The molecule has 0 bridgehead atoms. The lowest BCUT2D eigenvalue weighted by Crippen LogP contribution is -2.50. The summed E-state index contributed by atoms with van der Waals surface area (Å²) >= 11 is 0. The minimum absolute atomic E-state index is 0.0203. The van der Waals surface area contributed by atoms with Crippen LogP contribution in [0.2, 0.25) is 0 Å². The number of likely N-dealkylation sites (N-methyl/N-ethyl adjacent to an activating group) is 1. The molecule has 8 heteroatoms. The highest BCUT2D eigenvalue weighted by molar-refractivity contribution is 5.72. The van der Waals surface area contributed by atoms with Crippen molar-refractivity contribution >= 4 is 17.9 Å². The lowest BCUT2D eigenvalue weighted by molar-refractivity contribution is -0.887. The summed E-state index contributed by atoms with van der Waals surface area (Å²) in [4.78, 5) is 37.0. The number of nitrogens with zero attached hydrogens (tertiary/aromatic N) is 1. The van der Waals surface area contributed by atoms with E-state index in [1.807, 2.05) is 45.4 Å². The number of aliphatic carboxylic acids is 1. The second kappa shape index (κ2) is 39.8. The van der Waals surface area contributed by atoms with Crippen LogP contribution in [0.5, 0.6) is 0 Å². The molecule has 1 N–H and O–H groups in total. The van der Waals surface area contributed by atoms with Crippen LogP contribution >= 0.6 is 0 Å². The fraction of sp³-hybridized carbons (Fsp3) is 0.580. The van der Waals surface area contributed by atoms with Crippen molar-refractivity contribution < 1.29 is 38.2 Å².